The second kappa shape index (κ2) is 47.3. The first kappa shape index (κ1) is 111. The second-order valence-corrected chi connectivity index (χ2v) is 42.7. The number of nitrogens with one attached hydrogen (secondary N) is 5. The van der Waals surface area contributed by atoms with Crippen LogP contribution in [0.3, 0.4) is 0 Å². The number of carbonyl (C=O) groups is 5. The Morgan fingerprint density at radius 2 is 0.630 bits per heavy atom. The lowest BCUT2D eigenvalue weighted by Gasteiger charge is -2.35. The van der Waals surface area contributed by atoms with Crippen molar-refractivity contribution in [2.75, 3.05) is 102 Å². The Kier molecular flexibility index (Phi) is 41.3. The molecule has 7 saturated heterocycles. The van der Waals surface area contributed by atoms with Crippen LogP contribution in [-0.4, -0.2) is 373 Å². The molecule has 1 aromatic rings. The van der Waals surface area contributed by atoms with Crippen molar-refractivity contribution in [1.82, 2.24) is 40.4 Å². The van der Waals surface area contributed by atoms with Crippen LogP contribution in [0, 0.1) is 29.6 Å². The highest BCUT2D eigenvalue weighted by Gasteiger charge is 2.58. The Bertz CT molecular complexity index is 4280. The minimum atomic E-state index is -4.05. The summed E-state index contributed by atoms with van der Waals surface area (Å²) in [5.74, 6) is -9.59. The highest BCUT2D eigenvalue weighted by molar-refractivity contribution is 7.90. The standard InChI is InChI=1S/C14H29BN4O6S.C14H23BN4O6S.C13H27BN4O7S.C12H25BN4O7S.C12H25BN4O6S/c2*16-11-5-1-2-6-12(11)18-26(24,25)19-8-10(4-3-7-15(22)23)14(17,9-19)13(20)21;15-10-7-25-5-3-11(10)17-26(23,24)18-6-9(2-1-4-14(21)22)13(16,8-18)12(19)20;14-9-5-24-6-10(9)16-25(22,23)17-4-8(2-1-3-13(20)21)12(15,7-17)11(18)19;14-9-3-4-10(9)16-24(22,23)17-6-8(2-1-5-13(20)21)12(15,7-17)11(18)19/h10-12,18,22-23H,1-9,16-17H2,(H,20,21);1-2,5-6,10,18,22-23H,3-4,7-9,16-17H2,(H,20,21);9-11,17,21-22H,1-8,15-16H2,(H,19,20);8-10,16,20-21H,1-7,14-15H2,(H,18,19);8-10,16,20-21H,1-7,14-15H2,(H,18,19)/t10-,11?,12?,14-;10-,14-;9-,10?,11?,13-;2*8-,9?,10?,12-/m00000/s1. The van der Waals surface area contributed by atoms with Crippen molar-refractivity contribution in [2.24, 2.45) is 81.2 Å². The van der Waals surface area contributed by atoms with Gasteiger partial charge in [0.1, 0.15) is 27.7 Å². The molecule has 1 aromatic carbocycles. The minimum absolute atomic E-state index is 0.0262. The van der Waals surface area contributed by atoms with E-state index >= 15 is 0 Å². The molecule has 2 aliphatic carbocycles. The smallest absolute Gasteiger partial charge is 0.451 e. The summed E-state index contributed by atoms with van der Waals surface area (Å²) in [6.07, 6.45) is 8.38. The van der Waals surface area contributed by atoms with Gasteiger partial charge in [-0.25, -0.2) is 0 Å². The number of nitrogens with two attached hydrogens (primary N) is 10. The first-order valence-electron chi connectivity index (χ1n) is 41.6. The Morgan fingerprint density at radius 3 is 0.890 bits per heavy atom. The van der Waals surface area contributed by atoms with Crippen LogP contribution in [0.15, 0.2) is 24.3 Å². The fourth-order valence-electron chi connectivity index (χ4n) is 16.5. The van der Waals surface area contributed by atoms with E-state index in [-0.39, 0.29) is 178 Å². The van der Waals surface area contributed by atoms with Crippen LogP contribution in [0.1, 0.15) is 109 Å². The van der Waals surface area contributed by atoms with E-state index in [0.717, 1.165) is 47.2 Å². The largest absolute Gasteiger partial charge is 0.480 e. The maximum atomic E-state index is 12.7. The fraction of sp³-hybridized carbons (Fsp3) is 0.831. The summed E-state index contributed by atoms with van der Waals surface area (Å²) in [6, 6.07) is 3.09. The number of nitrogen functional groups attached to an aromatic ring is 1. The van der Waals surface area contributed by atoms with Crippen LogP contribution in [0.2, 0.25) is 31.6 Å². The molecule has 0 aromatic heterocycles. The average Bonchev–Trinajstić information content (AvgIpc) is 1.64. The van der Waals surface area contributed by atoms with Crippen molar-refractivity contribution in [3.05, 3.63) is 24.3 Å². The van der Waals surface area contributed by atoms with Crippen LogP contribution in [0.25, 0.3) is 0 Å². The SMILES string of the molecule is NC1CCC1NS(=O)(=O)N1C[C@H](CCCB(O)O)[C@](N)(C(=O)O)C1.NC1CCCCC1NS(=O)(=O)N1C[C@H](CCCB(O)O)[C@](N)(C(=O)O)C1.NC1COCC1NS(=O)(=O)N1C[C@H](CCCB(O)O)[C@](N)(C(=O)O)C1.NC1COCCC1NS(=O)(=O)N1C[C@H](CCCB(O)O)[C@](N)(C(=O)O)C1.Nc1ccccc1NS(=O)(=O)N1C[C@H](CCCB(O)O)[C@](N)(C(=O)O)C1. The number of aliphatic carboxylic acids is 5. The summed E-state index contributed by atoms with van der Waals surface area (Å²) >= 11 is 0. The molecule has 7 aliphatic heterocycles. The minimum Gasteiger partial charge on any atom is -0.480 e. The van der Waals surface area contributed by atoms with Gasteiger partial charge < -0.3 is 143 Å². The van der Waals surface area contributed by atoms with Crippen molar-refractivity contribution >= 4 is 128 Å². The molecule has 9 fully saturated rings. The Hall–Kier alpha value is -4.96. The number of carboxylic acids is 5. The van der Waals surface area contributed by atoms with E-state index in [1.54, 1.807) is 12.1 Å². The molecule has 0 radical (unpaired) electrons. The molecule has 2 saturated carbocycles. The maximum absolute atomic E-state index is 12.7. The molecule has 7 heterocycles. The van der Waals surface area contributed by atoms with E-state index in [9.17, 15) is 91.6 Å². The fourth-order valence-corrected chi connectivity index (χ4v) is 24.1. The van der Waals surface area contributed by atoms with Crippen LogP contribution >= 0.6 is 0 Å². The monoisotopic (exact) mass is 1920 g/mol. The third-order valence-electron chi connectivity index (χ3n) is 24.8. The highest BCUT2D eigenvalue weighted by atomic mass is 32.2. The first-order valence-corrected chi connectivity index (χ1v) is 48.8. The van der Waals surface area contributed by atoms with Gasteiger partial charge in [0.2, 0.25) is 0 Å². The Labute approximate surface area is 740 Å². The van der Waals surface area contributed by atoms with Crippen molar-refractivity contribution in [3.8, 4) is 0 Å². The van der Waals surface area contributed by atoms with Gasteiger partial charge in [0.25, 0.3) is 40.8 Å². The molecule has 10 rings (SSSR count). The third kappa shape index (κ3) is 30.5. The molecule has 0 spiro atoms. The normalized spacial score (nSPS) is 31.6. The lowest BCUT2D eigenvalue weighted by molar-refractivity contribution is -0.145. The summed E-state index contributed by atoms with van der Waals surface area (Å²) in [6.45, 7) is -1.01. The zero-order valence-electron chi connectivity index (χ0n) is 70.4. The molecule has 8 unspecified atom stereocenters. The molecule has 52 nitrogen and oxygen atoms in total. The Morgan fingerprint density at radius 1 is 0.362 bits per heavy atom. The molecule has 0 bridgehead atoms. The summed E-state index contributed by atoms with van der Waals surface area (Å²) in [7, 11) is -27.2. The number of carboxylic acid groups (broad SMARTS) is 5. The van der Waals surface area contributed by atoms with E-state index in [1.807, 2.05) is 0 Å². The Balaban J connectivity index is 0.000000245. The van der Waals surface area contributed by atoms with Gasteiger partial charge in [-0.1, -0.05) is 57.1 Å². The third-order valence-corrected chi connectivity index (χ3v) is 32.5. The van der Waals surface area contributed by atoms with Crippen molar-refractivity contribution < 1.29 is 151 Å². The van der Waals surface area contributed by atoms with Gasteiger partial charge >= 0.3 is 75.6 Å². The number of anilines is 2. The number of hydrogen-bond acceptors (Lipinski definition) is 37. The van der Waals surface area contributed by atoms with Gasteiger partial charge in [0.15, 0.2) is 0 Å². The quantitative estimate of drug-likeness (QED) is 0.0214. The lowest BCUT2D eigenvalue weighted by atomic mass is 9.78. The molecule has 0 amide bonds. The predicted molar refractivity (Wildman–Crippen MR) is 462 cm³/mol. The summed E-state index contributed by atoms with van der Waals surface area (Å²) < 4.78 is 154. The highest BCUT2D eigenvalue weighted by Crippen LogP contribution is 2.39. The van der Waals surface area contributed by atoms with Gasteiger partial charge in [-0.2, -0.15) is 82.5 Å². The van der Waals surface area contributed by atoms with E-state index < -0.39 is 204 Å². The van der Waals surface area contributed by atoms with Crippen molar-refractivity contribution in [3.63, 3.8) is 0 Å². The zero-order chi connectivity index (χ0) is 95.6. The number of nitrogens with zero attached hydrogens (tertiary/aromatic N) is 5. The van der Waals surface area contributed by atoms with E-state index in [0.29, 0.717) is 58.0 Å². The number of ether oxygens (including phenoxy) is 2. The number of rotatable bonds is 40. The van der Waals surface area contributed by atoms with Crippen molar-refractivity contribution in [2.45, 2.75) is 217 Å². The number of para-hydroxylation sites is 2. The number of benzene rings is 1. The molecule has 726 valence electrons. The lowest BCUT2D eigenvalue weighted by Crippen LogP contribution is -2.58. The van der Waals surface area contributed by atoms with Crippen LogP contribution < -0.4 is 80.9 Å². The first-order chi connectivity index (χ1) is 58.8. The summed E-state index contributed by atoms with van der Waals surface area (Å²) in [5.41, 5.74) is 50.9. The molecular weight excluding hydrogens is 1790 g/mol. The maximum Gasteiger partial charge on any atom is 0.451 e. The predicted octanol–water partition coefficient (Wildman–Crippen LogP) is -12.4. The van der Waals surface area contributed by atoms with Crippen LogP contribution in [-0.2, 0) is 84.5 Å². The van der Waals surface area contributed by atoms with Crippen LogP contribution in [0.5, 0.6) is 0 Å². The number of hydrogen-bond donors (Lipinski definition) is 30. The van der Waals surface area contributed by atoms with Crippen LogP contribution in [0.4, 0.5) is 11.4 Å². The summed E-state index contributed by atoms with van der Waals surface area (Å²) in [4.78, 5) is 58.1. The molecule has 40 N–H and O–H groups in total. The molecule has 18 atom stereocenters. The molecular formula is C65H129B5N20O32S5. The molecule has 9 aliphatic rings. The second-order valence-electron chi connectivity index (χ2n) is 34.3. The van der Waals surface area contributed by atoms with Gasteiger partial charge in [0, 0.05) is 144 Å². The van der Waals surface area contributed by atoms with Gasteiger partial charge in [-0.15, -0.1) is 0 Å². The van der Waals surface area contributed by atoms with Gasteiger partial charge in [-0.3, -0.25) is 28.7 Å². The van der Waals surface area contributed by atoms with E-state index in [2.05, 4.69) is 23.6 Å². The van der Waals surface area contributed by atoms with E-state index in [1.165, 1.54) is 12.1 Å². The topological polar surface area (TPSA) is 915 Å². The average molecular weight is 1920 g/mol. The molecule has 127 heavy (non-hydrogen) atoms. The van der Waals surface area contributed by atoms with Gasteiger partial charge in [-0.05, 0) is 108 Å². The van der Waals surface area contributed by atoms with Crippen molar-refractivity contribution in [1.29, 1.82) is 0 Å². The zero-order valence-corrected chi connectivity index (χ0v) is 74.4. The van der Waals surface area contributed by atoms with E-state index in [4.69, 9.17) is 117 Å². The summed E-state index contributed by atoms with van der Waals surface area (Å²) in [5, 5.41) is 136. The molecule has 62 heteroatoms. The van der Waals surface area contributed by atoms with Gasteiger partial charge in [0.05, 0.1) is 37.2 Å².